The molecule has 1 heteroatoms. The Morgan fingerprint density at radius 3 is 2.08 bits per heavy atom. The Labute approximate surface area is 77.9 Å². The maximum Gasteiger partial charge on any atom is 0.0115 e. The Kier molecular flexibility index (Phi) is 5.56. The number of nitrogens with one attached hydrogen (secondary N) is 1. The van der Waals surface area contributed by atoms with Crippen LogP contribution in [0.5, 0.6) is 0 Å². The fourth-order valence-corrected chi connectivity index (χ4v) is 1.50. The van der Waals surface area contributed by atoms with E-state index in [9.17, 15) is 0 Å². The van der Waals surface area contributed by atoms with Crippen LogP contribution in [0.1, 0.15) is 53.9 Å². The van der Waals surface area contributed by atoms with Crippen molar-refractivity contribution in [3.8, 4) is 0 Å². The lowest BCUT2D eigenvalue weighted by molar-refractivity contribution is 0.254. The molecule has 1 unspecified atom stereocenters. The standard InChI is InChI=1S/C11H25N/c1-6-8-9-10(12-7-2)11(3,4)5/h10,12H,6-9H2,1-5H3. The van der Waals surface area contributed by atoms with Crippen LogP contribution in [0.2, 0.25) is 0 Å². The highest BCUT2D eigenvalue weighted by Crippen LogP contribution is 2.23. The van der Waals surface area contributed by atoms with Crippen LogP contribution in [0.4, 0.5) is 0 Å². The van der Waals surface area contributed by atoms with Crippen molar-refractivity contribution in [3.63, 3.8) is 0 Å². The van der Waals surface area contributed by atoms with Crippen LogP contribution in [-0.4, -0.2) is 12.6 Å². The van der Waals surface area contributed by atoms with Crippen LogP contribution < -0.4 is 5.32 Å². The lowest BCUT2D eigenvalue weighted by atomic mass is 9.84. The summed E-state index contributed by atoms with van der Waals surface area (Å²) in [4.78, 5) is 0. The zero-order valence-electron chi connectivity index (χ0n) is 9.41. The molecule has 0 amide bonds. The van der Waals surface area contributed by atoms with Crippen LogP contribution in [0.25, 0.3) is 0 Å². The van der Waals surface area contributed by atoms with Crippen molar-refractivity contribution in [1.82, 2.24) is 5.32 Å². The van der Waals surface area contributed by atoms with Gasteiger partial charge in [-0.3, -0.25) is 0 Å². The van der Waals surface area contributed by atoms with Gasteiger partial charge < -0.3 is 5.32 Å². The Balaban J connectivity index is 3.86. The van der Waals surface area contributed by atoms with Gasteiger partial charge in [0.1, 0.15) is 0 Å². The normalized spacial score (nSPS) is 14.8. The molecule has 0 aromatic carbocycles. The maximum atomic E-state index is 3.56. The lowest BCUT2D eigenvalue weighted by Crippen LogP contribution is -2.40. The molecule has 0 aromatic rings. The molecule has 0 heterocycles. The minimum Gasteiger partial charge on any atom is -0.314 e. The zero-order chi connectivity index (χ0) is 9.61. The molecule has 1 N–H and O–H groups in total. The van der Waals surface area contributed by atoms with Crippen LogP contribution in [0, 0.1) is 5.41 Å². The van der Waals surface area contributed by atoms with Gasteiger partial charge in [0.15, 0.2) is 0 Å². The summed E-state index contributed by atoms with van der Waals surface area (Å²) in [6.07, 6.45) is 3.96. The minimum absolute atomic E-state index is 0.408. The van der Waals surface area contributed by atoms with Gasteiger partial charge in [-0.05, 0) is 18.4 Å². The van der Waals surface area contributed by atoms with Crippen LogP contribution in [0.15, 0.2) is 0 Å². The molecule has 0 bridgehead atoms. The van der Waals surface area contributed by atoms with Crippen molar-refractivity contribution in [2.24, 2.45) is 5.41 Å². The van der Waals surface area contributed by atoms with Crippen LogP contribution in [0.3, 0.4) is 0 Å². The second kappa shape index (κ2) is 5.58. The van der Waals surface area contributed by atoms with E-state index in [1.807, 2.05) is 0 Å². The molecule has 0 fully saturated rings. The summed E-state index contributed by atoms with van der Waals surface area (Å²) < 4.78 is 0. The van der Waals surface area contributed by atoms with Gasteiger partial charge in [0, 0.05) is 6.04 Å². The highest BCUT2D eigenvalue weighted by Gasteiger charge is 2.22. The Bertz CT molecular complexity index is 102. The fraction of sp³-hybridized carbons (Fsp3) is 1.00. The largest absolute Gasteiger partial charge is 0.314 e. The van der Waals surface area contributed by atoms with E-state index in [1.165, 1.54) is 19.3 Å². The van der Waals surface area contributed by atoms with Crippen molar-refractivity contribution in [2.75, 3.05) is 6.54 Å². The number of hydrogen-bond acceptors (Lipinski definition) is 1. The van der Waals surface area contributed by atoms with E-state index in [2.05, 4.69) is 39.9 Å². The summed E-state index contributed by atoms with van der Waals surface area (Å²) in [5, 5.41) is 3.56. The highest BCUT2D eigenvalue weighted by molar-refractivity contribution is 4.79. The first-order valence-electron chi connectivity index (χ1n) is 5.25. The van der Waals surface area contributed by atoms with Gasteiger partial charge >= 0.3 is 0 Å². The smallest absolute Gasteiger partial charge is 0.0115 e. The van der Waals surface area contributed by atoms with E-state index in [4.69, 9.17) is 0 Å². The first kappa shape index (κ1) is 12.0. The second-order valence-electron chi connectivity index (χ2n) is 4.62. The molecule has 0 aliphatic heterocycles. The van der Waals surface area contributed by atoms with Crippen molar-refractivity contribution < 1.29 is 0 Å². The summed E-state index contributed by atoms with van der Waals surface area (Å²) in [5.41, 5.74) is 0.408. The third kappa shape index (κ3) is 4.76. The number of hydrogen-bond donors (Lipinski definition) is 1. The highest BCUT2D eigenvalue weighted by atomic mass is 14.9. The van der Waals surface area contributed by atoms with Gasteiger partial charge in [0.25, 0.3) is 0 Å². The topological polar surface area (TPSA) is 12.0 Å². The Hall–Kier alpha value is -0.0400. The molecular weight excluding hydrogens is 146 g/mol. The van der Waals surface area contributed by atoms with Gasteiger partial charge in [-0.15, -0.1) is 0 Å². The maximum absolute atomic E-state index is 3.56. The molecule has 0 saturated heterocycles. The van der Waals surface area contributed by atoms with Crippen molar-refractivity contribution in [3.05, 3.63) is 0 Å². The molecule has 0 spiro atoms. The van der Waals surface area contributed by atoms with Crippen molar-refractivity contribution in [2.45, 2.75) is 59.9 Å². The van der Waals surface area contributed by atoms with E-state index in [0.717, 1.165) is 6.54 Å². The Morgan fingerprint density at radius 1 is 1.17 bits per heavy atom. The summed E-state index contributed by atoms with van der Waals surface area (Å²) in [6, 6.07) is 0.683. The molecular formula is C11H25N. The molecule has 0 rings (SSSR count). The summed E-state index contributed by atoms with van der Waals surface area (Å²) >= 11 is 0. The van der Waals surface area contributed by atoms with Gasteiger partial charge in [-0.25, -0.2) is 0 Å². The van der Waals surface area contributed by atoms with Crippen LogP contribution in [-0.2, 0) is 0 Å². The average Bonchev–Trinajstić information content (AvgIpc) is 1.95. The van der Waals surface area contributed by atoms with Gasteiger partial charge in [-0.1, -0.05) is 47.5 Å². The molecule has 1 atom stereocenters. The van der Waals surface area contributed by atoms with Gasteiger partial charge in [-0.2, -0.15) is 0 Å². The minimum atomic E-state index is 0.408. The molecule has 1 nitrogen and oxygen atoms in total. The first-order valence-corrected chi connectivity index (χ1v) is 5.25. The van der Waals surface area contributed by atoms with Gasteiger partial charge in [0.05, 0.1) is 0 Å². The van der Waals surface area contributed by atoms with E-state index in [1.54, 1.807) is 0 Å². The van der Waals surface area contributed by atoms with E-state index < -0.39 is 0 Å². The lowest BCUT2D eigenvalue weighted by Gasteiger charge is -2.31. The van der Waals surface area contributed by atoms with E-state index >= 15 is 0 Å². The summed E-state index contributed by atoms with van der Waals surface area (Å²) in [6.45, 7) is 12.5. The van der Waals surface area contributed by atoms with Crippen molar-refractivity contribution >= 4 is 0 Å². The molecule has 74 valence electrons. The number of unbranched alkanes of at least 4 members (excludes halogenated alkanes) is 1. The predicted molar refractivity (Wildman–Crippen MR) is 56.4 cm³/mol. The molecule has 0 radical (unpaired) electrons. The quantitative estimate of drug-likeness (QED) is 0.670. The van der Waals surface area contributed by atoms with E-state index in [0.29, 0.717) is 11.5 Å². The molecule has 12 heavy (non-hydrogen) atoms. The molecule has 0 aliphatic carbocycles. The molecule has 0 aromatic heterocycles. The monoisotopic (exact) mass is 171 g/mol. The Morgan fingerprint density at radius 2 is 1.75 bits per heavy atom. The molecule has 0 saturated carbocycles. The zero-order valence-corrected chi connectivity index (χ0v) is 9.41. The van der Waals surface area contributed by atoms with E-state index in [-0.39, 0.29) is 0 Å². The number of rotatable bonds is 5. The van der Waals surface area contributed by atoms with Gasteiger partial charge in [0.2, 0.25) is 0 Å². The third-order valence-electron chi connectivity index (χ3n) is 2.34. The first-order chi connectivity index (χ1) is 5.52. The third-order valence-corrected chi connectivity index (χ3v) is 2.34. The van der Waals surface area contributed by atoms with Crippen LogP contribution >= 0.6 is 0 Å². The SMILES string of the molecule is CCCCC(NCC)C(C)(C)C. The average molecular weight is 171 g/mol. The summed E-state index contributed by atoms with van der Waals surface area (Å²) in [7, 11) is 0. The van der Waals surface area contributed by atoms with Crippen molar-refractivity contribution in [1.29, 1.82) is 0 Å². The predicted octanol–water partition coefficient (Wildman–Crippen LogP) is 3.20. The fourth-order valence-electron chi connectivity index (χ4n) is 1.50. The second-order valence-corrected chi connectivity index (χ2v) is 4.62. The molecule has 0 aliphatic rings. The summed E-state index contributed by atoms with van der Waals surface area (Å²) in [5.74, 6) is 0.